The molecule has 20 rings (SSSR count). The van der Waals surface area contributed by atoms with Crippen molar-refractivity contribution in [2.24, 2.45) is 0 Å². The lowest BCUT2D eigenvalue weighted by molar-refractivity contribution is 0.569. The second-order valence-corrected chi connectivity index (χ2v) is 53.6. The fraction of sp³-hybridized carbons (Fsp3) is 0.348. The van der Waals surface area contributed by atoms with Crippen LogP contribution in [0.15, 0.2) is 279 Å². The number of hydrogen-bond acceptors (Lipinski definition) is 2. The zero-order valence-electron chi connectivity index (χ0n) is 109. The van der Waals surface area contributed by atoms with E-state index >= 15 is 0 Å². The highest BCUT2D eigenvalue weighted by Crippen LogP contribution is 2.59. The smallest absolute Gasteiger partial charge is 0.252 e. The monoisotopic (exact) mass is 1910 g/mol. The topological polar surface area (TPSA) is 21.3 Å². The van der Waals surface area contributed by atoms with E-state index in [9.17, 15) is 23.3 Å². The second-order valence-electron chi connectivity index (χ2n) is 53.6. The van der Waals surface area contributed by atoms with Crippen LogP contribution in [-0.4, -0.2) is 20.4 Å². The Morgan fingerprint density at radius 2 is 0.528 bits per heavy atom. The van der Waals surface area contributed by atoms with E-state index in [1.807, 2.05) is 100 Å². The largest absolute Gasteiger partial charge is 0.310 e. The van der Waals surface area contributed by atoms with E-state index in [1.54, 1.807) is 4.57 Å². The lowest BCUT2D eigenvalue weighted by Crippen LogP contribution is -2.61. The molecule has 2 aliphatic heterocycles. The summed E-state index contributed by atoms with van der Waals surface area (Å²) >= 11 is 0. The Morgan fingerprint density at radius 1 is 0.201 bits per heavy atom. The Morgan fingerprint density at radius 3 is 0.910 bits per heavy atom. The highest BCUT2D eigenvalue weighted by atomic mass is 15.2. The van der Waals surface area contributed by atoms with E-state index in [0.717, 1.165) is 122 Å². The van der Waals surface area contributed by atoms with Crippen LogP contribution in [0.3, 0.4) is 0 Å². The summed E-state index contributed by atoms with van der Waals surface area (Å²) in [5, 5.41) is 3.64. The molecular formula is C138H154BN5. The van der Waals surface area contributed by atoms with Gasteiger partial charge in [0, 0.05) is 88.7 Å². The van der Waals surface area contributed by atoms with Crippen LogP contribution in [0.4, 0.5) is 34.1 Å². The highest BCUT2D eigenvalue weighted by Gasteiger charge is 2.48. The summed E-state index contributed by atoms with van der Waals surface area (Å²) < 4.78 is 190. The van der Waals surface area contributed by atoms with Crippen molar-refractivity contribution in [3.63, 3.8) is 0 Å². The second kappa shape index (κ2) is 33.5. The minimum atomic E-state index is -1.25. The number of nitrogens with zero attached hydrogens (tertiary/aromatic N) is 5. The molecule has 0 amide bonds. The predicted octanol–water partition coefficient (Wildman–Crippen LogP) is 37.3. The lowest BCUT2D eigenvalue weighted by atomic mass is 9.33. The van der Waals surface area contributed by atoms with Crippen LogP contribution in [0, 0.1) is 0 Å². The number of para-hydroxylation sites is 2. The molecule has 0 N–H and O–H groups in total. The molecule has 0 saturated heterocycles. The third-order valence-corrected chi connectivity index (χ3v) is 30.2. The highest BCUT2D eigenvalue weighted by molar-refractivity contribution is 7.00. The third-order valence-electron chi connectivity index (χ3n) is 30.2. The SMILES string of the molecule is [2H]c1c([2H])c(C(C)(C)C)c([2H])c([2H])c1-c1c([2H])c(C(C)(C)C)c([2H])c(-c2c([2H])c(C(C)(C)C)c([2H])c([2H])c2C(C)(C)C)c1N1c2cc(-n3c4ccc(C(C)(C)C)cc4c4cc(C(C)(C)C)ccc43)ccc2B2c3ccc(-n4c5ccc(C(C)(C)C)cc5c5cc(C(C)(C)C)ccc54)cc3N(c3c(-c4ccc(C(C)(C)C)cc4)cc(C(C)(C)C)cc3-c3cc(C(C)(C)C)cc(C(C)(C)C)c3)c3cc(-n4c5c([2H])c([2H])c([2H])c([2H])c5c5c([2H])c([2H])c([2H])c([2H])c54)cc1c32. The minimum absolute atomic E-state index is 0.0364. The Hall–Kier alpha value is -12.6. The number of aromatic nitrogens is 3. The van der Waals surface area contributed by atoms with Gasteiger partial charge in [0.05, 0.1) is 73.5 Å². The molecule has 15 aromatic carbocycles. The summed E-state index contributed by atoms with van der Waals surface area (Å²) in [5.74, 6) is 0. The maximum absolute atomic E-state index is 12.2. The number of hydrogen-bond donors (Lipinski definition) is 0. The van der Waals surface area contributed by atoms with Crippen LogP contribution in [0.1, 0.15) is 339 Å². The maximum atomic E-state index is 12.2. The first-order valence-electron chi connectivity index (χ1n) is 60.3. The molecular weight excluding hydrogens is 1740 g/mol. The molecule has 0 bridgehead atoms. The minimum Gasteiger partial charge on any atom is -0.310 e. The normalized spacial score (nSPS) is 15.6. The van der Waals surface area contributed by atoms with Gasteiger partial charge in [0.25, 0.3) is 6.71 Å². The van der Waals surface area contributed by atoms with Crippen molar-refractivity contribution < 1.29 is 23.3 Å². The van der Waals surface area contributed by atoms with Gasteiger partial charge in [-0.3, -0.25) is 0 Å². The van der Waals surface area contributed by atoms with Gasteiger partial charge in [0.2, 0.25) is 0 Å². The van der Waals surface area contributed by atoms with Crippen molar-refractivity contribution >= 4 is 123 Å². The van der Waals surface area contributed by atoms with E-state index < -0.39 is 105 Å². The maximum Gasteiger partial charge on any atom is 0.252 e. The Labute approximate surface area is 885 Å². The summed E-state index contributed by atoms with van der Waals surface area (Å²) in [6.45, 7) is 75.3. The first-order valence-corrected chi connectivity index (χ1v) is 51.8. The number of fused-ring (bicyclic) bond motifs is 13. The fourth-order valence-corrected chi connectivity index (χ4v) is 21.4. The molecule has 18 aromatic rings. The van der Waals surface area contributed by atoms with E-state index in [-0.39, 0.29) is 153 Å². The third kappa shape index (κ3) is 17.2. The van der Waals surface area contributed by atoms with Crippen LogP contribution in [0.25, 0.3) is 127 Å². The summed E-state index contributed by atoms with van der Waals surface area (Å²) in [6, 6.07) is 56.8. The van der Waals surface area contributed by atoms with Crippen molar-refractivity contribution in [2.45, 2.75) is 314 Å². The Kier molecular flexibility index (Phi) is 18.5. The van der Waals surface area contributed by atoms with Crippen LogP contribution >= 0.6 is 0 Å². The Balaban J connectivity index is 1.14. The van der Waals surface area contributed by atoms with E-state index in [0.29, 0.717) is 39.4 Å². The van der Waals surface area contributed by atoms with E-state index in [4.69, 9.17) is 0 Å². The predicted molar refractivity (Wildman–Crippen MR) is 630 cm³/mol. The average molecular weight is 1910 g/mol. The molecule has 734 valence electrons. The van der Waals surface area contributed by atoms with Gasteiger partial charge in [0.1, 0.15) is 0 Å². The van der Waals surface area contributed by atoms with Crippen molar-refractivity contribution in [1.29, 1.82) is 0 Å². The van der Waals surface area contributed by atoms with Crippen LogP contribution in [0.2, 0.25) is 0 Å². The van der Waals surface area contributed by atoms with Crippen LogP contribution in [-0.2, 0) is 65.0 Å². The van der Waals surface area contributed by atoms with Gasteiger partial charge < -0.3 is 23.5 Å². The van der Waals surface area contributed by atoms with Gasteiger partial charge in [-0.25, -0.2) is 0 Å². The molecule has 144 heavy (non-hydrogen) atoms. The van der Waals surface area contributed by atoms with Gasteiger partial charge in [-0.2, -0.15) is 0 Å². The molecule has 5 heterocycles. The first-order chi connectivity index (χ1) is 74.1. The summed E-state index contributed by atoms with van der Waals surface area (Å²) in [6.07, 6.45) is 0. The summed E-state index contributed by atoms with van der Waals surface area (Å²) in [4.78, 5) is 4.38. The lowest BCUT2D eigenvalue weighted by Gasteiger charge is -2.46. The molecule has 0 radical (unpaired) electrons. The van der Waals surface area contributed by atoms with Gasteiger partial charge in [-0.1, -0.05) is 407 Å². The molecule has 5 nitrogen and oxygen atoms in total. The van der Waals surface area contributed by atoms with E-state index in [1.165, 1.54) is 0 Å². The van der Waals surface area contributed by atoms with Gasteiger partial charge in [-0.15, -0.1) is 0 Å². The number of benzene rings is 15. The molecule has 0 unspecified atom stereocenters. The molecule has 0 spiro atoms. The quantitative estimate of drug-likeness (QED) is 0.134. The first kappa shape index (κ1) is 79.7. The van der Waals surface area contributed by atoms with Crippen molar-refractivity contribution in [3.05, 3.63) is 345 Å². The van der Waals surface area contributed by atoms with Crippen molar-refractivity contribution in [2.75, 3.05) is 9.80 Å². The molecule has 0 saturated carbocycles. The standard InChI is InChI=1S/C138H154BN5/c1-127(2,3)86-49-45-83(46-50-86)102-75-95(136(28,29)30)77-104(85-67-93(134(22,23)24)69-94(68-85)135(25,26)27)125(102)143-120-79-97(140-116-63-54-89(130(10,11)12)71-106(116)107-72-90(131(13,14)15)55-64-117(107)140)58-61-112(120)139-113-62-59-98(141-118-65-56-91(132(16,17)18)73-108(118)109-74-92(133(19,20)21)57-66-119(109)141)80-121(113)144(123-82-99(81-122(143)124(123)139)142-114-43-39-37-41-100(114)101-42-38-40-44-115(101)142)126-103(84-47-51-87(52-48-84)128(4,5)6)76-96(137(31,32)33)78-110(126)105-70-88(129(7,8)9)53-60-111(105)138(34,35)36/h37-82H,1-36H3/i37D,38D,39D,40D,41D,42D,43D,44D,47D,48D,51D,52D,53D,60D,70D,76D,78D. The summed E-state index contributed by atoms with van der Waals surface area (Å²) in [7, 11) is 0. The molecule has 0 aliphatic carbocycles. The van der Waals surface area contributed by atoms with E-state index in [2.05, 4.69) is 344 Å². The average Bonchev–Trinajstić information content (AvgIpc) is 1.48. The molecule has 0 fully saturated rings. The zero-order chi connectivity index (χ0) is 118. The fourth-order valence-electron chi connectivity index (χ4n) is 21.4. The summed E-state index contributed by atoms with van der Waals surface area (Å²) in [5.41, 5.74) is 13.2. The van der Waals surface area contributed by atoms with Gasteiger partial charge in [0.15, 0.2) is 0 Å². The molecule has 3 aromatic heterocycles. The van der Waals surface area contributed by atoms with Gasteiger partial charge >= 0.3 is 0 Å². The number of rotatable bonds is 9. The number of anilines is 6. The molecule has 2 aliphatic rings. The van der Waals surface area contributed by atoms with Crippen molar-refractivity contribution in [1.82, 2.24) is 13.7 Å². The van der Waals surface area contributed by atoms with Gasteiger partial charge in [-0.05, 0) is 292 Å². The Bertz CT molecular complexity index is 9110. The molecule has 0 atom stereocenters. The van der Waals surface area contributed by atoms with Crippen molar-refractivity contribution in [3.8, 4) is 61.6 Å². The van der Waals surface area contributed by atoms with Crippen LogP contribution in [0.5, 0.6) is 0 Å². The zero-order valence-corrected chi connectivity index (χ0v) is 92.1. The molecule has 6 heteroatoms. The van der Waals surface area contributed by atoms with Crippen LogP contribution < -0.4 is 26.2 Å².